The Balaban J connectivity index is 2.13. The number of rotatable bonds is 10. The van der Waals surface area contributed by atoms with Crippen molar-refractivity contribution in [3.63, 3.8) is 0 Å². The SMILES string of the molecule is CC[C@H](C(=O)NC(C)C)N(CCc1ccccc1)C(=O)COc1ccc(Cl)c(C)c1. The number of carbonyl (C=O) groups excluding carboxylic acids is 2. The summed E-state index contributed by atoms with van der Waals surface area (Å²) in [6, 6.07) is 14.7. The Morgan fingerprint density at radius 3 is 2.43 bits per heavy atom. The average Bonchev–Trinajstić information content (AvgIpc) is 2.71. The molecule has 0 fully saturated rings. The highest BCUT2D eigenvalue weighted by atomic mass is 35.5. The van der Waals surface area contributed by atoms with Crippen molar-refractivity contribution in [3.05, 3.63) is 64.7 Å². The lowest BCUT2D eigenvalue weighted by Crippen LogP contribution is -2.52. The zero-order valence-electron chi connectivity index (χ0n) is 18.2. The molecule has 0 aliphatic carbocycles. The number of hydrogen-bond acceptors (Lipinski definition) is 3. The summed E-state index contributed by atoms with van der Waals surface area (Å²) in [7, 11) is 0. The van der Waals surface area contributed by atoms with Crippen LogP contribution >= 0.6 is 11.6 Å². The number of halogens is 1. The molecule has 2 rings (SSSR count). The highest BCUT2D eigenvalue weighted by Gasteiger charge is 2.28. The third-order valence-corrected chi connectivity index (χ3v) is 5.22. The monoisotopic (exact) mass is 430 g/mol. The first-order valence-corrected chi connectivity index (χ1v) is 10.7. The quantitative estimate of drug-likeness (QED) is 0.607. The summed E-state index contributed by atoms with van der Waals surface area (Å²) in [5, 5.41) is 3.57. The van der Waals surface area contributed by atoms with Crippen LogP contribution in [0.1, 0.15) is 38.3 Å². The third kappa shape index (κ3) is 7.06. The van der Waals surface area contributed by atoms with Gasteiger partial charge in [-0.3, -0.25) is 9.59 Å². The Morgan fingerprint density at radius 1 is 1.13 bits per heavy atom. The van der Waals surface area contributed by atoms with Gasteiger partial charge in [-0.25, -0.2) is 0 Å². The minimum atomic E-state index is -0.542. The summed E-state index contributed by atoms with van der Waals surface area (Å²) in [4.78, 5) is 27.4. The fourth-order valence-corrected chi connectivity index (χ4v) is 3.33. The molecule has 0 radical (unpaired) electrons. The van der Waals surface area contributed by atoms with Gasteiger partial charge in [-0.15, -0.1) is 0 Å². The molecule has 0 spiro atoms. The highest BCUT2D eigenvalue weighted by molar-refractivity contribution is 6.31. The third-order valence-electron chi connectivity index (χ3n) is 4.79. The van der Waals surface area contributed by atoms with Gasteiger partial charge in [0.1, 0.15) is 11.8 Å². The Hall–Kier alpha value is -2.53. The van der Waals surface area contributed by atoms with Gasteiger partial charge in [0.25, 0.3) is 5.91 Å². The summed E-state index contributed by atoms with van der Waals surface area (Å²) in [5.41, 5.74) is 1.99. The molecule has 0 saturated heterocycles. The van der Waals surface area contributed by atoms with Crippen LogP contribution in [-0.4, -0.2) is 41.9 Å². The molecule has 1 atom stereocenters. The van der Waals surface area contributed by atoms with Crippen molar-refractivity contribution < 1.29 is 14.3 Å². The summed E-state index contributed by atoms with van der Waals surface area (Å²) in [6.45, 7) is 7.92. The molecule has 0 unspecified atom stereocenters. The molecule has 6 heteroatoms. The van der Waals surface area contributed by atoms with Gasteiger partial charge in [0.15, 0.2) is 6.61 Å². The maximum absolute atomic E-state index is 13.1. The summed E-state index contributed by atoms with van der Waals surface area (Å²) in [6.07, 6.45) is 1.19. The lowest BCUT2D eigenvalue weighted by Gasteiger charge is -2.31. The van der Waals surface area contributed by atoms with Gasteiger partial charge in [-0.1, -0.05) is 48.9 Å². The number of aryl methyl sites for hydroxylation is 1. The molecule has 5 nitrogen and oxygen atoms in total. The zero-order valence-corrected chi connectivity index (χ0v) is 18.9. The van der Waals surface area contributed by atoms with E-state index in [4.69, 9.17) is 16.3 Å². The molecule has 2 amide bonds. The van der Waals surface area contributed by atoms with Crippen molar-refractivity contribution in [1.82, 2.24) is 10.2 Å². The molecule has 0 aromatic heterocycles. The minimum Gasteiger partial charge on any atom is -0.484 e. The van der Waals surface area contributed by atoms with E-state index in [1.165, 1.54) is 0 Å². The number of carbonyl (C=O) groups is 2. The topological polar surface area (TPSA) is 58.6 Å². The summed E-state index contributed by atoms with van der Waals surface area (Å²) >= 11 is 6.05. The van der Waals surface area contributed by atoms with E-state index >= 15 is 0 Å². The van der Waals surface area contributed by atoms with Crippen molar-refractivity contribution in [2.45, 2.75) is 52.6 Å². The van der Waals surface area contributed by atoms with E-state index in [9.17, 15) is 9.59 Å². The van der Waals surface area contributed by atoms with Gasteiger partial charge in [-0.05, 0) is 62.9 Å². The molecule has 162 valence electrons. The molecule has 0 heterocycles. The van der Waals surface area contributed by atoms with Crippen LogP contribution in [0.3, 0.4) is 0 Å². The molecule has 0 bridgehead atoms. The van der Waals surface area contributed by atoms with E-state index in [1.807, 2.05) is 58.0 Å². The summed E-state index contributed by atoms with van der Waals surface area (Å²) in [5.74, 6) is 0.216. The fraction of sp³-hybridized carbons (Fsp3) is 0.417. The van der Waals surface area contributed by atoms with Crippen molar-refractivity contribution in [3.8, 4) is 5.75 Å². The van der Waals surface area contributed by atoms with Gasteiger partial charge in [0.2, 0.25) is 5.91 Å². The molecular formula is C24H31ClN2O3. The maximum atomic E-state index is 13.1. The minimum absolute atomic E-state index is 0.00548. The Kier molecular flexibility index (Phi) is 9.18. The van der Waals surface area contributed by atoms with Crippen LogP contribution in [-0.2, 0) is 16.0 Å². The van der Waals surface area contributed by atoms with Crippen LogP contribution in [0.15, 0.2) is 48.5 Å². The van der Waals surface area contributed by atoms with E-state index < -0.39 is 6.04 Å². The van der Waals surface area contributed by atoms with E-state index in [2.05, 4.69) is 5.32 Å². The number of ether oxygens (including phenoxy) is 1. The van der Waals surface area contributed by atoms with Crippen LogP contribution in [0, 0.1) is 6.92 Å². The van der Waals surface area contributed by atoms with Crippen LogP contribution in [0.2, 0.25) is 5.02 Å². The second-order valence-electron chi connectivity index (χ2n) is 7.61. The number of amides is 2. The lowest BCUT2D eigenvalue weighted by atomic mass is 10.1. The van der Waals surface area contributed by atoms with E-state index in [0.29, 0.717) is 30.2 Å². The van der Waals surface area contributed by atoms with Crippen LogP contribution in [0.25, 0.3) is 0 Å². The Labute approximate surface area is 184 Å². The first-order chi connectivity index (χ1) is 14.3. The largest absolute Gasteiger partial charge is 0.484 e. The average molecular weight is 431 g/mol. The molecular weight excluding hydrogens is 400 g/mol. The van der Waals surface area contributed by atoms with Crippen LogP contribution in [0.4, 0.5) is 0 Å². The molecule has 0 aliphatic heterocycles. The highest BCUT2D eigenvalue weighted by Crippen LogP contribution is 2.21. The number of benzene rings is 2. The first kappa shape index (κ1) is 23.7. The smallest absolute Gasteiger partial charge is 0.261 e. The summed E-state index contributed by atoms with van der Waals surface area (Å²) < 4.78 is 5.71. The first-order valence-electron chi connectivity index (χ1n) is 10.3. The van der Waals surface area contributed by atoms with Crippen molar-refractivity contribution in [2.75, 3.05) is 13.2 Å². The normalized spacial score (nSPS) is 11.8. The second kappa shape index (κ2) is 11.6. The van der Waals surface area contributed by atoms with E-state index in [-0.39, 0.29) is 24.5 Å². The predicted molar refractivity (Wildman–Crippen MR) is 121 cm³/mol. The molecule has 0 aliphatic rings. The molecule has 2 aromatic carbocycles. The number of nitrogens with zero attached hydrogens (tertiary/aromatic N) is 1. The maximum Gasteiger partial charge on any atom is 0.261 e. The van der Waals surface area contributed by atoms with Crippen molar-refractivity contribution in [2.24, 2.45) is 0 Å². The second-order valence-corrected chi connectivity index (χ2v) is 8.02. The fourth-order valence-electron chi connectivity index (χ4n) is 3.21. The van der Waals surface area contributed by atoms with E-state index in [1.54, 1.807) is 23.1 Å². The van der Waals surface area contributed by atoms with E-state index in [0.717, 1.165) is 11.1 Å². The predicted octanol–water partition coefficient (Wildman–Crippen LogP) is 4.40. The number of nitrogens with one attached hydrogen (secondary N) is 1. The van der Waals surface area contributed by atoms with Gasteiger partial charge in [-0.2, -0.15) is 0 Å². The van der Waals surface area contributed by atoms with Gasteiger partial charge < -0.3 is 15.0 Å². The van der Waals surface area contributed by atoms with Crippen molar-refractivity contribution >= 4 is 23.4 Å². The molecule has 30 heavy (non-hydrogen) atoms. The zero-order chi connectivity index (χ0) is 22.1. The lowest BCUT2D eigenvalue weighted by molar-refractivity contribution is -0.142. The van der Waals surface area contributed by atoms with Crippen LogP contribution < -0.4 is 10.1 Å². The molecule has 1 N–H and O–H groups in total. The van der Waals surface area contributed by atoms with Gasteiger partial charge >= 0.3 is 0 Å². The standard InChI is InChI=1S/C24H31ClN2O3/c1-5-22(24(29)26-17(2)3)27(14-13-19-9-7-6-8-10-19)23(28)16-30-20-11-12-21(25)18(4)15-20/h6-12,15,17,22H,5,13-14,16H2,1-4H3,(H,26,29)/t22-/m1/s1. The van der Waals surface area contributed by atoms with Gasteiger partial charge in [0, 0.05) is 17.6 Å². The number of hydrogen-bond donors (Lipinski definition) is 1. The van der Waals surface area contributed by atoms with Gasteiger partial charge in [0.05, 0.1) is 0 Å². The Bertz CT molecular complexity index is 840. The van der Waals surface area contributed by atoms with Crippen LogP contribution in [0.5, 0.6) is 5.75 Å². The Morgan fingerprint density at radius 2 is 1.83 bits per heavy atom. The molecule has 0 saturated carbocycles. The van der Waals surface area contributed by atoms with Crippen molar-refractivity contribution in [1.29, 1.82) is 0 Å². The molecule has 2 aromatic rings.